The summed E-state index contributed by atoms with van der Waals surface area (Å²) in [4.78, 5) is 37.9. The fourth-order valence-corrected chi connectivity index (χ4v) is 7.12. The number of ether oxygens (including phenoxy) is 1. The van der Waals surface area contributed by atoms with Crippen LogP contribution in [0.4, 0.5) is 11.4 Å². The molecule has 0 unspecified atom stereocenters. The Balaban J connectivity index is 1.23. The number of nitrogens with one attached hydrogen (secondary N) is 2. The third-order valence-electron chi connectivity index (χ3n) is 7.45. The second-order valence-corrected chi connectivity index (χ2v) is 13.5. The van der Waals surface area contributed by atoms with Gasteiger partial charge in [0.2, 0.25) is 9.84 Å². The third-order valence-corrected chi connectivity index (χ3v) is 9.99. The first-order valence-corrected chi connectivity index (χ1v) is 16.5. The van der Waals surface area contributed by atoms with Crippen molar-refractivity contribution in [2.45, 2.75) is 41.6 Å². The number of fused-ring (bicyclic) bond motifs is 1. The fraction of sp³-hybridized carbons (Fsp3) is 0.233. The molecule has 232 valence electrons. The van der Waals surface area contributed by atoms with E-state index in [1.165, 1.54) is 41.4 Å². The van der Waals surface area contributed by atoms with Crippen molar-refractivity contribution in [1.29, 1.82) is 0 Å². The molecule has 0 spiro atoms. The van der Waals surface area contributed by atoms with Crippen LogP contribution in [0.1, 0.15) is 34.5 Å². The van der Waals surface area contributed by atoms with Crippen molar-refractivity contribution in [2.24, 2.45) is 5.73 Å². The van der Waals surface area contributed by atoms with E-state index in [4.69, 9.17) is 10.5 Å². The number of primary amides is 1. The second-order valence-electron chi connectivity index (χ2n) is 10.6. The minimum atomic E-state index is -4.42. The van der Waals surface area contributed by atoms with Crippen LogP contribution in [0.25, 0.3) is 11.0 Å². The third kappa shape index (κ3) is 6.64. The summed E-state index contributed by atoms with van der Waals surface area (Å²) in [6, 6.07) is 11.6. The van der Waals surface area contributed by atoms with Gasteiger partial charge in [-0.15, -0.1) is 11.3 Å². The van der Waals surface area contributed by atoms with Gasteiger partial charge in [0, 0.05) is 54.4 Å². The van der Waals surface area contributed by atoms with Crippen LogP contribution in [0, 0.1) is 10.1 Å². The van der Waals surface area contributed by atoms with Crippen molar-refractivity contribution < 1.29 is 22.9 Å². The van der Waals surface area contributed by atoms with Crippen molar-refractivity contribution in [3.05, 3.63) is 93.2 Å². The molecule has 0 radical (unpaired) electrons. The number of amides is 1. The SMILES string of the molecule is NC(=O)c1cccc(S(=O)(=O)c2ccc(NCCCN(Cc3cncs3)C3CC3)c([N+](=O)[O-])c2)c1Oc1cnc2[nH]ccc2c1. The lowest BCUT2D eigenvalue weighted by molar-refractivity contribution is -0.384. The number of hydrogen-bond donors (Lipinski definition) is 3. The Morgan fingerprint density at radius 2 is 2.04 bits per heavy atom. The van der Waals surface area contributed by atoms with E-state index in [0.29, 0.717) is 23.6 Å². The number of nitrogens with zero attached hydrogens (tertiary/aromatic N) is 4. The Morgan fingerprint density at radius 1 is 1.20 bits per heavy atom. The van der Waals surface area contributed by atoms with E-state index in [-0.39, 0.29) is 32.5 Å². The van der Waals surface area contributed by atoms with E-state index >= 15 is 0 Å². The van der Waals surface area contributed by atoms with E-state index in [0.717, 1.165) is 38.4 Å². The first kappa shape index (κ1) is 30.2. The second kappa shape index (κ2) is 12.6. The number of benzene rings is 2. The number of nitro benzene ring substituents is 1. The molecule has 3 aromatic heterocycles. The molecule has 45 heavy (non-hydrogen) atoms. The maximum absolute atomic E-state index is 13.9. The lowest BCUT2D eigenvalue weighted by atomic mass is 10.2. The molecule has 1 amide bonds. The number of para-hydroxylation sites is 1. The summed E-state index contributed by atoms with van der Waals surface area (Å²) in [6.07, 6.45) is 7.98. The summed E-state index contributed by atoms with van der Waals surface area (Å²) in [6.45, 7) is 2.08. The number of carbonyl (C=O) groups excluding carboxylic acids is 1. The highest BCUT2D eigenvalue weighted by atomic mass is 32.2. The van der Waals surface area contributed by atoms with Crippen LogP contribution in [0.15, 0.2) is 82.4 Å². The van der Waals surface area contributed by atoms with Crippen molar-refractivity contribution >= 4 is 49.5 Å². The van der Waals surface area contributed by atoms with Crippen LogP contribution < -0.4 is 15.8 Å². The van der Waals surface area contributed by atoms with Crippen LogP contribution in [0.3, 0.4) is 0 Å². The smallest absolute Gasteiger partial charge is 0.293 e. The summed E-state index contributed by atoms with van der Waals surface area (Å²) in [7, 11) is -4.42. The van der Waals surface area contributed by atoms with Gasteiger partial charge in [-0.1, -0.05) is 6.07 Å². The zero-order chi connectivity index (χ0) is 31.6. The lowest BCUT2D eigenvalue weighted by Crippen LogP contribution is -2.27. The number of thiazole rings is 1. The van der Waals surface area contributed by atoms with Gasteiger partial charge >= 0.3 is 0 Å². The van der Waals surface area contributed by atoms with E-state index < -0.39 is 26.4 Å². The molecule has 5 aromatic rings. The van der Waals surface area contributed by atoms with Crippen LogP contribution in [0.2, 0.25) is 0 Å². The molecule has 6 rings (SSSR count). The van der Waals surface area contributed by atoms with Gasteiger partial charge in [0.15, 0.2) is 5.75 Å². The summed E-state index contributed by atoms with van der Waals surface area (Å²) in [5, 5.41) is 15.9. The standard InChI is InChI=1S/C30H29N7O6S2/c31-29(38)24-3-1-4-27(28(24)43-21-13-19-9-11-34-30(19)35-15-21)45(41,42)23-7-8-25(26(14-23)37(39)40)33-10-2-12-36(20-5-6-20)17-22-16-32-18-44-22/h1,3-4,7-9,11,13-16,18,20,33H,2,5-6,10,12,17H2,(H2,31,38)(H,34,35). The summed E-state index contributed by atoms with van der Waals surface area (Å²) in [5.74, 6) is -1.04. The Bertz CT molecular complexity index is 1970. The predicted octanol–water partition coefficient (Wildman–Crippen LogP) is 5.12. The molecular weight excluding hydrogens is 619 g/mol. The molecule has 1 fully saturated rings. The predicted molar refractivity (Wildman–Crippen MR) is 168 cm³/mol. The van der Waals surface area contributed by atoms with Gasteiger partial charge < -0.3 is 20.8 Å². The molecule has 4 N–H and O–H groups in total. The van der Waals surface area contributed by atoms with Gasteiger partial charge in [-0.25, -0.2) is 13.4 Å². The Hall–Kier alpha value is -4.86. The number of pyridine rings is 1. The average molecular weight is 648 g/mol. The average Bonchev–Trinajstić information content (AvgIpc) is 3.53. The van der Waals surface area contributed by atoms with Gasteiger partial charge in [0.1, 0.15) is 22.0 Å². The van der Waals surface area contributed by atoms with Crippen molar-refractivity contribution in [2.75, 3.05) is 18.4 Å². The monoisotopic (exact) mass is 647 g/mol. The van der Waals surface area contributed by atoms with Crippen LogP contribution >= 0.6 is 11.3 Å². The van der Waals surface area contributed by atoms with Crippen LogP contribution in [-0.2, 0) is 16.4 Å². The molecule has 13 nitrogen and oxygen atoms in total. The molecule has 1 aliphatic carbocycles. The van der Waals surface area contributed by atoms with Crippen molar-refractivity contribution in [1.82, 2.24) is 19.9 Å². The zero-order valence-corrected chi connectivity index (χ0v) is 25.5. The largest absolute Gasteiger partial charge is 0.453 e. The molecule has 0 saturated heterocycles. The number of hydrogen-bond acceptors (Lipinski definition) is 11. The number of nitrogens with two attached hydrogens (primary N) is 1. The number of aromatic amines is 1. The molecule has 15 heteroatoms. The molecule has 1 saturated carbocycles. The van der Waals surface area contributed by atoms with E-state index in [2.05, 4.69) is 25.2 Å². The molecule has 1 aliphatic rings. The number of sulfone groups is 1. The molecule has 2 aromatic carbocycles. The highest BCUT2D eigenvalue weighted by molar-refractivity contribution is 7.91. The number of anilines is 1. The minimum absolute atomic E-state index is 0.171. The summed E-state index contributed by atoms with van der Waals surface area (Å²) in [5.41, 5.74) is 7.61. The minimum Gasteiger partial charge on any atom is -0.453 e. The first-order chi connectivity index (χ1) is 21.7. The van der Waals surface area contributed by atoms with Crippen LogP contribution in [0.5, 0.6) is 11.5 Å². The Morgan fingerprint density at radius 3 is 2.78 bits per heavy atom. The molecular formula is C30H29N7O6S2. The highest BCUT2D eigenvalue weighted by Crippen LogP contribution is 2.38. The fourth-order valence-electron chi connectivity index (χ4n) is 5.08. The summed E-state index contributed by atoms with van der Waals surface area (Å²) >= 11 is 1.62. The lowest BCUT2D eigenvalue weighted by Gasteiger charge is -2.21. The number of H-pyrrole nitrogens is 1. The zero-order valence-electron chi connectivity index (χ0n) is 23.9. The molecule has 3 heterocycles. The van der Waals surface area contributed by atoms with Gasteiger partial charge in [-0.2, -0.15) is 0 Å². The van der Waals surface area contributed by atoms with Crippen LogP contribution in [-0.4, -0.2) is 58.2 Å². The highest BCUT2D eigenvalue weighted by Gasteiger charge is 2.30. The van der Waals surface area contributed by atoms with Gasteiger partial charge in [-0.05, 0) is 55.7 Å². The van der Waals surface area contributed by atoms with E-state index in [1.807, 2.05) is 11.7 Å². The van der Waals surface area contributed by atoms with Gasteiger partial charge in [0.05, 0.1) is 27.1 Å². The number of nitro groups is 1. The Labute approximate surface area is 262 Å². The topological polar surface area (TPSA) is 186 Å². The maximum Gasteiger partial charge on any atom is 0.293 e. The number of aromatic nitrogens is 3. The number of rotatable bonds is 14. The maximum atomic E-state index is 13.9. The quantitative estimate of drug-likeness (QED) is 0.0830. The molecule has 0 atom stereocenters. The molecule has 0 aliphatic heterocycles. The van der Waals surface area contributed by atoms with Crippen molar-refractivity contribution in [3.8, 4) is 11.5 Å². The summed E-state index contributed by atoms with van der Waals surface area (Å²) < 4.78 is 33.7. The van der Waals surface area contributed by atoms with Gasteiger partial charge in [-0.3, -0.25) is 24.8 Å². The molecule has 0 bridgehead atoms. The normalized spacial score (nSPS) is 13.3. The van der Waals surface area contributed by atoms with Gasteiger partial charge in [0.25, 0.3) is 11.6 Å². The van der Waals surface area contributed by atoms with Crippen molar-refractivity contribution in [3.63, 3.8) is 0 Å². The van der Waals surface area contributed by atoms with E-state index in [9.17, 15) is 23.3 Å². The Kier molecular flexibility index (Phi) is 8.47. The number of carbonyl (C=O) groups is 1. The first-order valence-electron chi connectivity index (χ1n) is 14.1. The van der Waals surface area contributed by atoms with E-state index in [1.54, 1.807) is 29.7 Å².